The van der Waals surface area contributed by atoms with Crippen LogP contribution in [-0.2, 0) is 4.74 Å². The smallest absolute Gasteiger partial charge is 0.340 e. The van der Waals surface area contributed by atoms with E-state index in [0.717, 1.165) is 21.6 Å². The lowest BCUT2D eigenvalue weighted by Gasteiger charge is -2.11. The number of aromatic nitrogens is 4. The number of nitrogen functional groups attached to an aromatic ring is 1. The fourth-order valence-corrected chi connectivity index (χ4v) is 3.68. The van der Waals surface area contributed by atoms with E-state index in [0.29, 0.717) is 16.5 Å². The summed E-state index contributed by atoms with van der Waals surface area (Å²) < 4.78 is 4.82. The Kier molecular flexibility index (Phi) is 5.14. The van der Waals surface area contributed by atoms with Crippen LogP contribution in [0.15, 0.2) is 34.7 Å². The Labute approximate surface area is 153 Å². The van der Waals surface area contributed by atoms with Crippen LogP contribution in [0.25, 0.3) is 10.9 Å². The number of ether oxygens (including phenoxy) is 1. The van der Waals surface area contributed by atoms with Crippen molar-refractivity contribution in [2.24, 2.45) is 0 Å². The van der Waals surface area contributed by atoms with Crippen LogP contribution in [0, 0.1) is 0 Å². The third kappa shape index (κ3) is 3.72. The van der Waals surface area contributed by atoms with Crippen LogP contribution in [0.3, 0.4) is 0 Å². The first-order valence-corrected chi connectivity index (χ1v) is 9.52. The lowest BCUT2D eigenvalue weighted by Crippen LogP contribution is -2.01. The number of anilines is 1. The number of pyridine rings is 1. The molecule has 3 N–H and O–H groups in total. The van der Waals surface area contributed by atoms with E-state index in [-0.39, 0.29) is 11.2 Å². The summed E-state index contributed by atoms with van der Waals surface area (Å²) in [6.07, 6.45) is 5.28. The molecule has 0 saturated carbocycles. The summed E-state index contributed by atoms with van der Waals surface area (Å²) in [5.41, 5.74) is 7.92. The first-order valence-electron chi connectivity index (χ1n) is 7.42. The van der Waals surface area contributed by atoms with Gasteiger partial charge in [0.25, 0.3) is 0 Å². The van der Waals surface area contributed by atoms with Crippen LogP contribution in [0.2, 0.25) is 0 Å². The highest BCUT2D eigenvalue weighted by Gasteiger charge is 2.17. The maximum Gasteiger partial charge on any atom is 0.340 e. The van der Waals surface area contributed by atoms with Crippen LogP contribution >= 0.6 is 23.5 Å². The summed E-state index contributed by atoms with van der Waals surface area (Å²) >= 11 is 2.98. The van der Waals surface area contributed by atoms with Crippen LogP contribution < -0.4 is 5.73 Å². The number of nitrogens with one attached hydrogen (secondary N) is 1. The summed E-state index contributed by atoms with van der Waals surface area (Å²) in [5.74, 6) is 0.0589. The Bertz CT molecular complexity index is 928. The lowest BCUT2D eigenvalue weighted by molar-refractivity contribution is 0.0603. The van der Waals surface area contributed by atoms with Gasteiger partial charge in [-0.25, -0.2) is 14.8 Å². The summed E-state index contributed by atoms with van der Waals surface area (Å²) in [6, 6.07) is 3.63. The number of hydrogen-bond acceptors (Lipinski definition) is 8. The fraction of sp³-hybridized carbons (Fsp3) is 0.250. The number of rotatable bonds is 5. The third-order valence-electron chi connectivity index (χ3n) is 3.60. The number of methoxy groups -OCH3 is 1. The largest absolute Gasteiger partial charge is 0.465 e. The topological polar surface area (TPSA) is 107 Å². The molecule has 0 aliphatic carbocycles. The zero-order valence-electron chi connectivity index (χ0n) is 13.9. The summed E-state index contributed by atoms with van der Waals surface area (Å²) in [5, 5.41) is 2.19. The Hall–Kier alpha value is -2.26. The number of aromatic amines is 1. The Morgan fingerprint density at radius 1 is 1.36 bits per heavy atom. The average molecular weight is 375 g/mol. The molecule has 25 heavy (non-hydrogen) atoms. The predicted octanol–water partition coefficient (Wildman–Crippen LogP) is 3.30. The van der Waals surface area contributed by atoms with Crippen molar-refractivity contribution in [1.82, 2.24) is 19.9 Å². The molecule has 0 radical (unpaired) electrons. The minimum atomic E-state index is -0.382. The lowest BCUT2D eigenvalue weighted by atomic mass is 10.1. The molecule has 3 aromatic rings. The fourth-order valence-electron chi connectivity index (χ4n) is 2.33. The van der Waals surface area contributed by atoms with Crippen molar-refractivity contribution in [3.63, 3.8) is 0 Å². The Balaban J connectivity index is 1.90. The molecule has 0 amide bonds. The normalized spacial score (nSPS) is 12.3. The van der Waals surface area contributed by atoms with Gasteiger partial charge in [-0.3, -0.25) is 4.98 Å². The quantitative estimate of drug-likeness (QED) is 0.303. The highest BCUT2D eigenvalue weighted by atomic mass is 32.2. The van der Waals surface area contributed by atoms with Gasteiger partial charge in [-0.05, 0) is 19.2 Å². The van der Waals surface area contributed by atoms with E-state index >= 15 is 0 Å². The molecule has 0 aromatic carbocycles. The number of nitrogens with two attached hydrogens (primary N) is 1. The standard InChI is InChI=1S/C16H17N5O2S2/c1-8(25-16-20-13(17)5-14(21-16)24-3)11-4-9-10(15(22)23-2)6-18-12(9)7-19-11/h4-8,18H,1-3H3,(H2,17,20,21). The molecular weight excluding hydrogens is 358 g/mol. The molecule has 0 bridgehead atoms. The molecule has 3 rings (SSSR count). The molecule has 1 unspecified atom stereocenters. The number of esters is 1. The number of H-pyrrole nitrogens is 1. The molecule has 0 fully saturated rings. The van der Waals surface area contributed by atoms with Gasteiger partial charge in [-0.1, -0.05) is 11.8 Å². The van der Waals surface area contributed by atoms with Crippen molar-refractivity contribution in [1.29, 1.82) is 0 Å². The van der Waals surface area contributed by atoms with Gasteiger partial charge < -0.3 is 15.5 Å². The Morgan fingerprint density at radius 2 is 2.16 bits per heavy atom. The number of thioether (sulfide) groups is 2. The average Bonchev–Trinajstić information content (AvgIpc) is 3.03. The number of fused-ring (bicyclic) bond motifs is 1. The molecule has 3 heterocycles. The molecule has 1 atom stereocenters. The Morgan fingerprint density at radius 3 is 2.88 bits per heavy atom. The minimum Gasteiger partial charge on any atom is -0.465 e. The zero-order valence-corrected chi connectivity index (χ0v) is 15.6. The highest BCUT2D eigenvalue weighted by Crippen LogP contribution is 2.34. The first kappa shape index (κ1) is 17.6. The van der Waals surface area contributed by atoms with Crippen LogP contribution in [0.5, 0.6) is 0 Å². The second-order valence-corrected chi connectivity index (χ2v) is 7.36. The van der Waals surface area contributed by atoms with Crippen LogP contribution in [0.1, 0.15) is 28.2 Å². The molecule has 0 aliphatic rings. The second-order valence-electron chi connectivity index (χ2n) is 5.23. The van der Waals surface area contributed by atoms with E-state index < -0.39 is 0 Å². The SMILES string of the molecule is COC(=O)c1c[nH]c2cnc(C(C)Sc3nc(N)cc(SC)n3)cc12. The molecule has 3 aromatic heterocycles. The molecular formula is C16H17N5O2S2. The van der Waals surface area contributed by atoms with Crippen molar-refractivity contribution in [2.45, 2.75) is 22.4 Å². The van der Waals surface area contributed by atoms with Gasteiger partial charge in [-0.15, -0.1) is 11.8 Å². The van der Waals surface area contributed by atoms with E-state index in [2.05, 4.69) is 19.9 Å². The number of carbonyl (C=O) groups is 1. The van der Waals surface area contributed by atoms with Crippen molar-refractivity contribution >= 4 is 46.2 Å². The number of nitrogens with zero attached hydrogens (tertiary/aromatic N) is 3. The molecule has 0 aliphatic heterocycles. The van der Waals surface area contributed by atoms with E-state index in [9.17, 15) is 4.79 Å². The van der Waals surface area contributed by atoms with Gasteiger partial charge in [0.1, 0.15) is 10.8 Å². The zero-order chi connectivity index (χ0) is 18.0. The first-order chi connectivity index (χ1) is 12.0. The van der Waals surface area contributed by atoms with E-state index in [1.54, 1.807) is 18.5 Å². The third-order valence-corrected chi connectivity index (χ3v) is 5.22. The van der Waals surface area contributed by atoms with Gasteiger partial charge in [0.15, 0.2) is 5.16 Å². The van der Waals surface area contributed by atoms with Crippen molar-refractivity contribution in [3.05, 3.63) is 35.8 Å². The minimum absolute atomic E-state index is 0.0127. The second kappa shape index (κ2) is 7.32. The summed E-state index contributed by atoms with van der Waals surface area (Å²) in [4.78, 5) is 28.1. The van der Waals surface area contributed by atoms with E-state index in [4.69, 9.17) is 10.5 Å². The number of hydrogen-bond donors (Lipinski definition) is 2. The summed E-state index contributed by atoms with van der Waals surface area (Å²) in [6.45, 7) is 2.01. The van der Waals surface area contributed by atoms with Crippen molar-refractivity contribution in [2.75, 3.05) is 19.1 Å². The van der Waals surface area contributed by atoms with Gasteiger partial charge in [0.2, 0.25) is 0 Å². The molecule has 7 nitrogen and oxygen atoms in total. The van der Waals surface area contributed by atoms with Crippen molar-refractivity contribution in [3.8, 4) is 0 Å². The van der Waals surface area contributed by atoms with Crippen LogP contribution in [0.4, 0.5) is 5.82 Å². The molecule has 0 spiro atoms. The summed E-state index contributed by atoms with van der Waals surface area (Å²) in [7, 11) is 1.36. The highest BCUT2D eigenvalue weighted by molar-refractivity contribution is 7.99. The van der Waals surface area contributed by atoms with Gasteiger partial charge in [0, 0.05) is 17.6 Å². The predicted molar refractivity (Wildman–Crippen MR) is 99.9 cm³/mol. The van der Waals surface area contributed by atoms with Crippen LogP contribution in [-0.4, -0.2) is 39.3 Å². The molecule has 0 saturated heterocycles. The van der Waals surface area contributed by atoms with Gasteiger partial charge in [0.05, 0.1) is 35.3 Å². The molecule has 130 valence electrons. The maximum atomic E-state index is 11.9. The molecule has 9 heteroatoms. The van der Waals surface area contributed by atoms with E-state index in [1.165, 1.54) is 30.6 Å². The maximum absolute atomic E-state index is 11.9. The monoisotopic (exact) mass is 375 g/mol. The van der Waals surface area contributed by atoms with Crippen molar-refractivity contribution < 1.29 is 9.53 Å². The number of carbonyl (C=O) groups excluding carboxylic acids is 1. The van der Waals surface area contributed by atoms with E-state index in [1.807, 2.05) is 19.2 Å². The van der Waals surface area contributed by atoms with Gasteiger partial charge in [-0.2, -0.15) is 0 Å². The van der Waals surface area contributed by atoms with Gasteiger partial charge >= 0.3 is 5.97 Å².